The summed E-state index contributed by atoms with van der Waals surface area (Å²) in [5, 5.41) is 0. The van der Waals surface area contributed by atoms with E-state index in [1.807, 2.05) is 6.20 Å². The fourth-order valence-corrected chi connectivity index (χ4v) is 4.15. The number of rotatable bonds is 3. The first-order valence-electron chi connectivity index (χ1n) is 8.74. The molecule has 2 saturated carbocycles. The highest BCUT2D eigenvalue weighted by Gasteiger charge is 2.45. The summed E-state index contributed by atoms with van der Waals surface area (Å²) in [5.74, 6) is 0.932. The van der Waals surface area contributed by atoms with E-state index in [0.717, 1.165) is 18.8 Å². The van der Waals surface area contributed by atoms with Crippen LogP contribution in [0.1, 0.15) is 69.5 Å². The minimum absolute atomic E-state index is 0.338. The van der Waals surface area contributed by atoms with Crippen molar-refractivity contribution in [3.63, 3.8) is 0 Å². The molecule has 0 atom stereocenters. The van der Waals surface area contributed by atoms with E-state index in [2.05, 4.69) is 16.9 Å². The summed E-state index contributed by atoms with van der Waals surface area (Å²) in [7, 11) is 0. The number of ether oxygens (including phenoxy) is 1. The van der Waals surface area contributed by atoms with E-state index in [9.17, 15) is 0 Å². The second-order valence-corrected chi connectivity index (χ2v) is 7.58. The molecule has 0 aliphatic heterocycles. The lowest BCUT2D eigenvalue weighted by Crippen LogP contribution is -2.28. The van der Waals surface area contributed by atoms with Crippen molar-refractivity contribution in [3.8, 4) is 6.01 Å². The molecule has 4 rings (SSSR count). The third kappa shape index (κ3) is 2.79. The monoisotopic (exact) mass is 286 g/mol. The molecule has 0 spiro atoms. The lowest BCUT2D eigenvalue weighted by molar-refractivity contribution is 0.0992. The van der Waals surface area contributed by atoms with Crippen molar-refractivity contribution in [2.75, 3.05) is 0 Å². The number of nitrogens with zero attached hydrogens (tertiary/aromatic N) is 2. The van der Waals surface area contributed by atoms with E-state index in [4.69, 9.17) is 4.74 Å². The zero-order valence-electron chi connectivity index (χ0n) is 13.1. The highest BCUT2D eigenvalue weighted by molar-refractivity contribution is 5.21. The minimum Gasteiger partial charge on any atom is -0.460 e. The largest absolute Gasteiger partial charge is 0.460 e. The Kier molecular flexibility index (Phi) is 3.39. The van der Waals surface area contributed by atoms with Gasteiger partial charge in [0, 0.05) is 6.20 Å². The van der Waals surface area contributed by atoms with E-state index >= 15 is 0 Å². The van der Waals surface area contributed by atoms with Gasteiger partial charge in [-0.1, -0.05) is 6.92 Å². The van der Waals surface area contributed by atoms with E-state index in [1.54, 1.807) is 0 Å². The second kappa shape index (κ2) is 5.26. The SMILES string of the molecule is CC1(C2CCC(Oc3ncc4c(n3)CCCC4)CC2)CC1. The molecule has 3 nitrogen and oxygen atoms in total. The molecule has 2 fully saturated rings. The van der Waals surface area contributed by atoms with Gasteiger partial charge < -0.3 is 4.74 Å². The van der Waals surface area contributed by atoms with Gasteiger partial charge in [0.05, 0.1) is 5.69 Å². The van der Waals surface area contributed by atoms with Crippen LogP contribution in [0.15, 0.2) is 6.20 Å². The lowest BCUT2D eigenvalue weighted by atomic mass is 9.78. The predicted molar refractivity (Wildman–Crippen MR) is 82.4 cm³/mol. The molecule has 0 bridgehead atoms. The van der Waals surface area contributed by atoms with Crippen LogP contribution < -0.4 is 4.74 Å². The van der Waals surface area contributed by atoms with Gasteiger partial charge >= 0.3 is 6.01 Å². The van der Waals surface area contributed by atoms with Crippen LogP contribution in [0.4, 0.5) is 0 Å². The fraction of sp³-hybridized carbons (Fsp3) is 0.778. The third-order valence-corrected chi connectivity index (χ3v) is 6.01. The van der Waals surface area contributed by atoms with Gasteiger partial charge in [-0.25, -0.2) is 4.98 Å². The van der Waals surface area contributed by atoms with Gasteiger partial charge in [-0.3, -0.25) is 0 Å². The Morgan fingerprint density at radius 3 is 2.62 bits per heavy atom. The standard InChI is InChI=1S/C18H26N2O/c1-18(10-11-18)14-6-8-15(9-7-14)21-17-19-12-13-4-2-3-5-16(13)20-17/h12,14-15H,2-11H2,1H3. The number of aryl methyl sites for hydroxylation is 2. The zero-order valence-corrected chi connectivity index (χ0v) is 13.1. The number of fused-ring (bicyclic) bond motifs is 1. The third-order valence-electron chi connectivity index (χ3n) is 6.01. The van der Waals surface area contributed by atoms with E-state index in [-0.39, 0.29) is 0 Å². The average molecular weight is 286 g/mol. The molecule has 3 aliphatic carbocycles. The average Bonchev–Trinajstić information content (AvgIpc) is 3.27. The Labute approximate surface area is 127 Å². The van der Waals surface area contributed by atoms with Crippen LogP contribution in [-0.2, 0) is 12.8 Å². The van der Waals surface area contributed by atoms with Crippen molar-refractivity contribution in [2.45, 2.75) is 77.2 Å². The van der Waals surface area contributed by atoms with Crippen molar-refractivity contribution < 1.29 is 4.74 Å². The normalized spacial score (nSPS) is 30.5. The van der Waals surface area contributed by atoms with E-state index in [0.29, 0.717) is 17.5 Å². The molecule has 1 heterocycles. The molecule has 0 saturated heterocycles. The van der Waals surface area contributed by atoms with Crippen LogP contribution in [0.25, 0.3) is 0 Å². The lowest BCUT2D eigenvalue weighted by Gasteiger charge is -2.32. The highest BCUT2D eigenvalue weighted by atomic mass is 16.5. The van der Waals surface area contributed by atoms with Crippen molar-refractivity contribution in [1.29, 1.82) is 0 Å². The number of aromatic nitrogens is 2. The Morgan fingerprint density at radius 1 is 1.10 bits per heavy atom. The molecule has 0 aromatic carbocycles. The molecule has 0 amide bonds. The van der Waals surface area contributed by atoms with Crippen LogP contribution in [0.3, 0.4) is 0 Å². The summed E-state index contributed by atoms with van der Waals surface area (Å²) in [6.45, 7) is 2.46. The Morgan fingerprint density at radius 2 is 1.86 bits per heavy atom. The van der Waals surface area contributed by atoms with E-state index < -0.39 is 0 Å². The molecular weight excluding hydrogens is 260 g/mol. The first kappa shape index (κ1) is 13.5. The topological polar surface area (TPSA) is 35.0 Å². The van der Waals surface area contributed by atoms with Crippen LogP contribution >= 0.6 is 0 Å². The highest BCUT2D eigenvalue weighted by Crippen LogP contribution is 2.55. The van der Waals surface area contributed by atoms with Crippen LogP contribution in [0.5, 0.6) is 6.01 Å². The number of hydrogen-bond donors (Lipinski definition) is 0. The Balaban J connectivity index is 1.36. The summed E-state index contributed by atoms with van der Waals surface area (Å²) in [6.07, 6.45) is 15.0. The Hall–Kier alpha value is -1.12. The number of hydrogen-bond acceptors (Lipinski definition) is 3. The van der Waals surface area contributed by atoms with E-state index in [1.165, 1.54) is 62.6 Å². The van der Waals surface area contributed by atoms with Gasteiger partial charge in [-0.2, -0.15) is 4.98 Å². The second-order valence-electron chi connectivity index (χ2n) is 7.58. The van der Waals surface area contributed by atoms with Gasteiger partial charge in [0.15, 0.2) is 0 Å². The van der Waals surface area contributed by atoms with Crippen molar-refractivity contribution in [3.05, 3.63) is 17.5 Å². The molecule has 114 valence electrons. The maximum absolute atomic E-state index is 6.08. The molecule has 1 aromatic heterocycles. The van der Waals surface area contributed by atoms with Crippen LogP contribution in [-0.4, -0.2) is 16.1 Å². The van der Waals surface area contributed by atoms with Gasteiger partial charge in [0.1, 0.15) is 6.10 Å². The van der Waals surface area contributed by atoms with Gasteiger partial charge in [-0.15, -0.1) is 0 Å². The molecule has 0 radical (unpaired) electrons. The molecule has 3 heteroatoms. The fourth-order valence-electron chi connectivity index (χ4n) is 4.15. The summed E-state index contributed by atoms with van der Waals surface area (Å²) in [5.41, 5.74) is 3.23. The summed E-state index contributed by atoms with van der Waals surface area (Å²) in [6, 6.07) is 0.622. The van der Waals surface area contributed by atoms with Crippen molar-refractivity contribution in [1.82, 2.24) is 9.97 Å². The summed E-state index contributed by atoms with van der Waals surface area (Å²) in [4.78, 5) is 9.09. The maximum Gasteiger partial charge on any atom is 0.316 e. The Bertz CT molecular complexity index is 516. The molecule has 21 heavy (non-hydrogen) atoms. The van der Waals surface area contributed by atoms with Gasteiger partial charge in [0.2, 0.25) is 0 Å². The molecule has 0 N–H and O–H groups in total. The molecule has 3 aliphatic rings. The predicted octanol–water partition coefficient (Wildman–Crippen LogP) is 4.09. The first-order valence-corrected chi connectivity index (χ1v) is 8.74. The van der Waals surface area contributed by atoms with Crippen molar-refractivity contribution in [2.24, 2.45) is 11.3 Å². The zero-order chi connectivity index (χ0) is 14.3. The summed E-state index contributed by atoms with van der Waals surface area (Å²) >= 11 is 0. The quantitative estimate of drug-likeness (QED) is 0.839. The van der Waals surface area contributed by atoms with Crippen LogP contribution in [0, 0.1) is 11.3 Å². The minimum atomic E-state index is 0.338. The smallest absolute Gasteiger partial charge is 0.316 e. The van der Waals surface area contributed by atoms with Gasteiger partial charge in [-0.05, 0) is 81.1 Å². The van der Waals surface area contributed by atoms with Gasteiger partial charge in [0.25, 0.3) is 0 Å². The summed E-state index contributed by atoms with van der Waals surface area (Å²) < 4.78 is 6.08. The maximum atomic E-state index is 6.08. The van der Waals surface area contributed by atoms with Crippen molar-refractivity contribution >= 4 is 0 Å². The molecular formula is C18H26N2O. The molecule has 0 unspecified atom stereocenters. The first-order chi connectivity index (χ1) is 10.2. The molecule has 1 aromatic rings. The van der Waals surface area contributed by atoms with Crippen LogP contribution in [0.2, 0.25) is 0 Å².